The SMILES string of the molecule is [Ba+2].[La+3].[O]=[Nb](=[O])[O-].[O]=[Nb](=[O])[O-].[O]=[Nb](=[O])[O-].[O]=[Nb](=[O])[O-].[O]=[Nb](=[O])[O-].[O]=[Nb](=[O])[O-].[O]=[Nb](=[O])[O-].[O]=[Nb](=[O])[O-].[O]=[Nb](=[O])[O-].[Ti+4]. The molecule has 27 nitrogen and oxygen atoms in total. The van der Waals surface area contributed by atoms with Gasteiger partial charge >= 0.3 is 366 Å². The van der Waals surface area contributed by atoms with E-state index in [9.17, 15) is 0 Å². The predicted molar refractivity (Wildman–Crippen MR) is 18.1 cm³/mol. The summed E-state index contributed by atoms with van der Waals surface area (Å²) in [6.07, 6.45) is 0. The van der Waals surface area contributed by atoms with Crippen LogP contribution < -0.4 is 32.5 Å². The quantitative estimate of drug-likeness (QED) is 0.203. The molecule has 0 N–H and O–H groups in total. The summed E-state index contributed by atoms with van der Waals surface area (Å²) in [7, 11) is 0. The van der Waals surface area contributed by atoms with Crippen molar-refractivity contribution >= 4 is 48.9 Å². The molecular weight excluding hydrogens is 1590 g/mol. The number of hydrogen-bond acceptors (Lipinski definition) is 27. The molecule has 0 heterocycles. The van der Waals surface area contributed by atoms with E-state index in [0.717, 1.165) is 0 Å². The summed E-state index contributed by atoms with van der Waals surface area (Å²) in [4.78, 5) is 0. The fourth-order valence-corrected chi connectivity index (χ4v) is 0. The van der Waals surface area contributed by atoms with Gasteiger partial charge in [0.1, 0.15) is 0 Å². The minimum Gasteiger partial charge on any atom is 4.00 e. The van der Waals surface area contributed by atoms with Gasteiger partial charge in [-0.05, 0) is 0 Å². The van der Waals surface area contributed by atoms with Crippen LogP contribution in [-0.2, 0) is 249 Å². The van der Waals surface area contributed by atoms with Crippen molar-refractivity contribution in [1.29, 1.82) is 0 Å². The summed E-state index contributed by atoms with van der Waals surface area (Å²) >= 11 is -37.8. The van der Waals surface area contributed by atoms with Crippen molar-refractivity contribution in [3.8, 4) is 0 Å². The Morgan fingerprint density at radius 1 is 0.231 bits per heavy atom. The van der Waals surface area contributed by atoms with Gasteiger partial charge in [-0.2, -0.15) is 0 Å². The standard InChI is InChI=1S/Ba.La.9Nb.27O.Ti/q+2;+3;;;;;;;;;;;;;;;;;;;;;;;;;;;;9*-1;+4. The Kier molecular flexibility index (Phi) is 154. The second kappa shape index (κ2) is 74.8. The van der Waals surface area contributed by atoms with Crippen LogP contribution >= 0.6 is 0 Å². The van der Waals surface area contributed by atoms with Gasteiger partial charge in [-0.1, -0.05) is 0 Å². The molecule has 0 rings (SSSR count). The van der Waals surface area contributed by atoms with Gasteiger partial charge in [-0.15, -0.1) is 0 Å². The average Bonchev–Trinajstić information content (AvgIpc) is 2.39. The van der Waals surface area contributed by atoms with Crippen LogP contribution in [0.25, 0.3) is 0 Å². The van der Waals surface area contributed by atoms with E-state index in [1.54, 1.807) is 0 Å². The predicted octanol–water partition coefficient (Wildman–Crippen LogP) is -13.2. The molecule has 0 aliphatic rings. The van der Waals surface area contributed by atoms with Crippen molar-refractivity contribution in [2.75, 3.05) is 0 Å². The summed E-state index contributed by atoms with van der Waals surface area (Å²) in [5.74, 6) is 0. The first kappa shape index (κ1) is 80.1. The Labute approximate surface area is 357 Å². The minimum absolute atomic E-state index is 0. The van der Waals surface area contributed by atoms with Crippen molar-refractivity contribution in [1.82, 2.24) is 0 Å². The Morgan fingerprint density at radius 2 is 0.231 bits per heavy atom. The third-order valence-corrected chi connectivity index (χ3v) is 0. The largest absolute Gasteiger partial charge is 4.00 e. The van der Waals surface area contributed by atoms with Crippen molar-refractivity contribution in [2.24, 2.45) is 0 Å². The van der Waals surface area contributed by atoms with Crippen LogP contribution in [0.15, 0.2) is 0 Å². The molecule has 0 aliphatic carbocycles. The fourth-order valence-electron chi connectivity index (χ4n) is 0. The maximum Gasteiger partial charge on any atom is 4.00 e. The van der Waals surface area contributed by atoms with E-state index in [4.69, 9.17) is 91.0 Å². The molecule has 0 atom stereocenters. The van der Waals surface area contributed by atoms with Gasteiger partial charge in [0.25, 0.3) is 0 Å². The van der Waals surface area contributed by atoms with E-state index in [0.29, 0.717) is 0 Å². The molecular formula is BaLaNb9O27Ti. The van der Waals surface area contributed by atoms with Crippen LogP contribution in [0.2, 0.25) is 0 Å². The Balaban J connectivity index is -0.0000000208. The molecule has 0 bridgehead atoms. The molecule has 0 unspecified atom stereocenters. The third-order valence-electron chi connectivity index (χ3n) is 0. The molecule has 39 heteroatoms. The van der Waals surface area contributed by atoms with Crippen LogP contribution in [0, 0.1) is 35.6 Å². The fraction of sp³-hybridized carbons (Fsp3) is 0. The van der Waals surface area contributed by atoms with E-state index < -0.39 is 169 Å². The first-order valence-electron chi connectivity index (χ1n) is 4.93. The van der Waals surface area contributed by atoms with E-state index in [-0.39, 0.29) is 106 Å². The van der Waals surface area contributed by atoms with Crippen LogP contribution in [0.5, 0.6) is 0 Å². The second-order valence-electron chi connectivity index (χ2n) is 2.01. The minimum atomic E-state index is -4.20. The zero-order valence-electron chi connectivity index (χ0n) is 16.8. The smallest absolute Gasteiger partial charge is 4.00 e. The van der Waals surface area contributed by atoms with E-state index in [2.05, 4.69) is 0 Å². The van der Waals surface area contributed by atoms with Crippen LogP contribution in [0.1, 0.15) is 0 Å². The summed E-state index contributed by atoms with van der Waals surface area (Å²) in [5, 5.41) is 0. The molecule has 0 spiro atoms. The maximum atomic E-state index is 8.60. The average molecular weight is 1590 g/mol. The van der Waals surface area contributed by atoms with Gasteiger partial charge in [-0.25, -0.2) is 0 Å². The summed E-state index contributed by atoms with van der Waals surface area (Å²) in [6, 6.07) is 0. The van der Waals surface area contributed by atoms with Crippen molar-refractivity contribution in [3.05, 3.63) is 0 Å². The summed E-state index contributed by atoms with van der Waals surface area (Å²) in [5.41, 5.74) is 0. The molecule has 216 valence electrons. The van der Waals surface area contributed by atoms with Crippen molar-refractivity contribution < 1.29 is 317 Å². The topological polar surface area (TPSA) is 515 Å². The van der Waals surface area contributed by atoms with Crippen LogP contribution in [-0.4, -0.2) is 48.9 Å². The molecule has 0 saturated carbocycles. The van der Waals surface area contributed by atoms with Gasteiger partial charge in [0, 0.05) is 0 Å². The van der Waals surface area contributed by atoms with Crippen molar-refractivity contribution in [3.63, 3.8) is 0 Å². The first-order valence-corrected chi connectivity index (χ1v) is 29.2. The molecule has 0 aromatic carbocycles. The Morgan fingerprint density at radius 3 is 0.231 bits per heavy atom. The van der Waals surface area contributed by atoms with Gasteiger partial charge in [-0.3, -0.25) is 0 Å². The normalized spacial score (nSPS) is 5.77. The second-order valence-corrected chi connectivity index (χ2v) is 11.9. The monoisotopic (exact) mass is 1590 g/mol. The molecule has 0 radical (unpaired) electrons. The molecule has 0 aliphatic heterocycles. The van der Waals surface area contributed by atoms with E-state index in [1.165, 1.54) is 0 Å². The van der Waals surface area contributed by atoms with Crippen LogP contribution in [0.4, 0.5) is 0 Å². The molecule has 0 aromatic rings. The number of rotatable bonds is 0. The molecule has 39 heavy (non-hydrogen) atoms. The molecule has 0 saturated heterocycles. The van der Waals surface area contributed by atoms with Crippen LogP contribution in [0.3, 0.4) is 0 Å². The van der Waals surface area contributed by atoms with Crippen molar-refractivity contribution in [2.45, 2.75) is 0 Å². The van der Waals surface area contributed by atoms with Gasteiger partial charge in [0.05, 0.1) is 0 Å². The molecule has 0 amide bonds. The first-order chi connectivity index (χ1) is 15.6. The zero-order chi connectivity index (χ0) is 32.2. The van der Waals surface area contributed by atoms with E-state index in [1.807, 2.05) is 0 Å². The maximum absolute atomic E-state index is 8.60. The van der Waals surface area contributed by atoms with Gasteiger partial charge in [0.15, 0.2) is 0 Å². The summed E-state index contributed by atoms with van der Waals surface area (Å²) in [6.45, 7) is 0. The summed E-state index contributed by atoms with van der Waals surface area (Å²) < 4.78 is 232. The third kappa shape index (κ3) is 2060. The number of hydrogen-bond donors (Lipinski definition) is 0. The Bertz CT molecular complexity index is 770. The van der Waals surface area contributed by atoms with E-state index >= 15 is 0 Å². The van der Waals surface area contributed by atoms with Gasteiger partial charge < -0.3 is 0 Å². The van der Waals surface area contributed by atoms with Gasteiger partial charge in [0.2, 0.25) is 0 Å². The Hall–Kier alpha value is 6.18. The molecule has 0 aromatic heterocycles. The zero-order valence-corrected chi connectivity index (χ0v) is 46.2. The molecule has 0 fully saturated rings.